The molecule has 0 aromatic heterocycles. The van der Waals surface area contributed by atoms with Crippen LogP contribution in [-0.2, 0) is 19.6 Å². The van der Waals surface area contributed by atoms with Crippen molar-refractivity contribution in [1.82, 2.24) is 0 Å². The third-order valence-corrected chi connectivity index (χ3v) is 5.15. The Morgan fingerprint density at radius 3 is 2.24 bits per heavy atom. The Kier molecular flexibility index (Phi) is 7.68. The van der Waals surface area contributed by atoms with Crippen molar-refractivity contribution in [2.75, 3.05) is 11.9 Å². The molecule has 0 bridgehead atoms. The Hall–Kier alpha value is -2.36. The summed E-state index contributed by atoms with van der Waals surface area (Å²) < 4.78 is 11.8. The average molecular weight is 430 g/mol. The van der Waals surface area contributed by atoms with Crippen molar-refractivity contribution < 1.29 is 9.47 Å². The molecule has 1 N–H and O–H groups in total. The summed E-state index contributed by atoms with van der Waals surface area (Å²) in [6.45, 7) is 5.72. The zero-order valence-electron chi connectivity index (χ0n) is 16.7. The number of nitrogens with one attached hydrogen (secondary N) is 1. The van der Waals surface area contributed by atoms with Crippen molar-refractivity contribution in [3.05, 3.63) is 87.4 Å². The number of rotatable bonds is 9. The monoisotopic (exact) mass is 429 g/mol. The van der Waals surface area contributed by atoms with Crippen molar-refractivity contribution in [3.63, 3.8) is 0 Å². The molecule has 0 amide bonds. The number of aryl methyl sites for hydroxylation is 1. The maximum atomic E-state index is 6.24. The quantitative estimate of drug-likeness (QED) is 0.391. The van der Waals surface area contributed by atoms with E-state index < -0.39 is 0 Å². The number of anilines is 1. The summed E-state index contributed by atoms with van der Waals surface area (Å²) in [6.07, 6.45) is 1.04. The zero-order chi connectivity index (χ0) is 20.6. The van der Waals surface area contributed by atoms with E-state index in [-0.39, 0.29) is 0 Å². The molecule has 0 aliphatic rings. The number of hydrogen-bond donors (Lipinski definition) is 1. The van der Waals surface area contributed by atoms with Crippen LogP contribution in [0.5, 0.6) is 11.5 Å². The average Bonchev–Trinajstić information content (AvgIpc) is 2.73. The Morgan fingerprint density at radius 1 is 0.793 bits per heavy atom. The standard InChI is InChI=1S/C24H25Cl2NO2/c1-3-17-5-10-21(11-6-17)27-15-18-7-12-23(24(13-18)28-4-2)29-16-19-8-9-20(25)14-22(19)26/h5-14,27H,3-4,15-16H2,1-2H3. The molecule has 152 valence electrons. The summed E-state index contributed by atoms with van der Waals surface area (Å²) in [5.41, 5.74) is 4.42. The second kappa shape index (κ2) is 10.4. The topological polar surface area (TPSA) is 30.5 Å². The molecule has 0 saturated heterocycles. The van der Waals surface area contributed by atoms with Gasteiger partial charge < -0.3 is 14.8 Å². The van der Waals surface area contributed by atoms with Crippen molar-refractivity contribution in [3.8, 4) is 11.5 Å². The molecule has 0 aliphatic carbocycles. The molecule has 3 aromatic carbocycles. The summed E-state index contributed by atoms with van der Waals surface area (Å²) in [7, 11) is 0. The Balaban J connectivity index is 1.67. The van der Waals surface area contributed by atoms with Crippen LogP contribution in [0.2, 0.25) is 10.0 Å². The Bertz CT molecular complexity index is 942. The summed E-state index contributed by atoms with van der Waals surface area (Å²) in [6, 6.07) is 19.9. The number of hydrogen-bond acceptors (Lipinski definition) is 3. The van der Waals surface area contributed by atoms with E-state index in [4.69, 9.17) is 32.7 Å². The van der Waals surface area contributed by atoms with Crippen molar-refractivity contribution in [2.45, 2.75) is 33.4 Å². The molecule has 0 saturated carbocycles. The minimum atomic E-state index is 0.345. The first-order valence-corrected chi connectivity index (χ1v) is 10.5. The fourth-order valence-corrected chi connectivity index (χ4v) is 3.37. The molecular formula is C24H25Cl2NO2. The first-order chi connectivity index (χ1) is 14.1. The third kappa shape index (κ3) is 6.06. The molecule has 0 spiro atoms. The van der Waals surface area contributed by atoms with Gasteiger partial charge in [-0.25, -0.2) is 0 Å². The molecule has 0 atom stereocenters. The second-order valence-corrected chi connectivity index (χ2v) is 7.49. The van der Waals surface area contributed by atoms with Crippen LogP contribution in [0.25, 0.3) is 0 Å². The summed E-state index contributed by atoms with van der Waals surface area (Å²) in [5, 5.41) is 4.64. The van der Waals surface area contributed by atoms with Gasteiger partial charge in [0.15, 0.2) is 11.5 Å². The van der Waals surface area contributed by atoms with Gasteiger partial charge in [-0.15, -0.1) is 0 Å². The highest BCUT2D eigenvalue weighted by Crippen LogP contribution is 2.31. The van der Waals surface area contributed by atoms with Gasteiger partial charge in [0.25, 0.3) is 0 Å². The lowest BCUT2D eigenvalue weighted by atomic mass is 10.1. The van der Waals surface area contributed by atoms with Crippen molar-refractivity contribution >= 4 is 28.9 Å². The third-order valence-electron chi connectivity index (χ3n) is 4.57. The van der Waals surface area contributed by atoms with E-state index >= 15 is 0 Å². The van der Waals surface area contributed by atoms with Crippen molar-refractivity contribution in [1.29, 1.82) is 0 Å². The van der Waals surface area contributed by atoms with Gasteiger partial charge in [-0.1, -0.05) is 54.4 Å². The normalized spacial score (nSPS) is 10.6. The number of halogens is 2. The maximum absolute atomic E-state index is 6.24. The lowest BCUT2D eigenvalue weighted by Crippen LogP contribution is -2.03. The minimum Gasteiger partial charge on any atom is -0.490 e. The van der Waals surface area contributed by atoms with Gasteiger partial charge in [0, 0.05) is 27.8 Å². The summed E-state index contributed by atoms with van der Waals surface area (Å²) in [4.78, 5) is 0. The highest BCUT2D eigenvalue weighted by Gasteiger charge is 2.09. The Morgan fingerprint density at radius 2 is 1.55 bits per heavy atom. The number of benzene rings is 3. The van der Waals surface area contributed by atoms with Crippen LogP contribution in [0.15, 0.2) is 60.7 Å². The van der Waals surface area contributed by atoms with Gasteiger partial charge in [-0.05, 0) is 60.9 Å². The lowest BCUT2D eigenvalue weighted by molar-refractivity contribution is 0.269. The Labute approximate surface area is 182 Å². The van der Waals surface area contributed by atoms with Crippen LogP contribution >= 0.6 is 23.2 Å². The van der Waals surface area contributed by atoms with Crippen LogP contribution in [0.1, 0.15) is 30.5 Å². The van der Waals surface area contributed by atoms with E-state index in [0.29, 0.717) is 35.6 Å². The van der Waals surface area contributed by atoms with Crippen molar-refractivity contribution in [2.24, 2.45) is 0 Å². The zero-order valence-corrected chi connectivity index (χ0v) is 18.2. The molecule has 0 heterocycles. The van der Waals surface area contributed by atoms with Gasteiger partial charge in [0.05, 0.1) is 6.61 Å². The largest absolute Gasteiger partial charge is 0.490 e. The lowest BCUT2D eigenvalue weighted by Gasteiger charge is -2.15. The molecule has 0 aliphatic heterocycles. The van der Waals surface area contributed by atoms with E-state index in [1.54, 1.807) is 12.1 Å². The molecular weight excluding hydrogens is 405 g/mol. The van der Waals surface area contributed by atoms with Crippen LogP contribution < -0.4 is 14.8 Å². The van der Waals surface area contributed by atoms with Gasteiger partial charge in [-0.3, -0.25) is 0 Å². The first kappa shape index (κ1) is 21.4. The van der Waals surface area contributed by atoms with Gasteiger partial charge in [-0.2, -0.15) is 0 Å². The van der Waals surface area contributed by atoms with Gasteiger partial charge in [0.1, 0.15) is 6.61 Å². The molecule has 0 fully saturated rings. The second-order valence-electron chi connectivity index (χ2n) is 6.64. The molecule has 5 heteroatoms. The van der Waals surface area contributed by atoms with E-state index in [0.717, 1.165) is 29.0 Å². The fourth-order valence-electron chi connectivity index (χ4n) is 2.91. The SMILES string of the molecule is CCOc1cc(CNc2ccc(CC)cc2)ccc1OCc1ccc(Cl)cc1Cl. The minimum absolute atomic E-state index is 0.345. The first-order valence-electron chi connectivity index (χ1n) is 9.74. The highest BCUT2D eigenvalue weighted by atomic mass is 35.5. The summed E-state index contributed by atoms with van der Waals surface area (Å²) >= 11 is 12.2. The van der Waals surface area contributed by atoms with Crippen LogP contribution in [-0.4, -0.2) is 6.61 Å². The van der Waals surface area contributed by atoms with E-state index in [1.807, 2.05) is 31.2 Å². The van der Waals surface area contributed by atoms with E-state index in [9.17, 15) is 0 Å². The summed E-state index contributed by atoms with van der Waals surface area (Å²) in [5.74, 6) is 1.41. The fraction of sp³-hybridized carbons (Fsp3) is 0.250. The maximum Gasteiger partial charge on any atom is 0.161 e. The highest BCUT2D eigenvalue weighted by molar-refractivity contribution is 6.35. The van der Waals surface area contributed by atoms with Crippen LogP contribution in [0, 0.1) is 0 Å². The molecule has 0 radical (unpaired) electrons. The molecule has 29 heavy (non-hydrogen) atoms. The number of ether oxygens (including phenoxy) is 2. The van der Waals surface area contributed by atoms with Crippen LogP contribution in [0.3, 0.4) is 0 Å². The molecule has 3 aromatic rings. The smallest absolute Gasteiger partial charge is 0.161 e. The predicted octanol–water partition coefficient (Wildman–Crippen LogP) is 7.15. The van der Waals surface area contributed by atoms with Gasteiger partial charge >= 0.3 is 0 Å². The molecule has 3 nitrogen and oxygen atoms in total. The van der Waals surface area contributed by atoms with E-state index in [2.05, 4.69) is 36.5 Å². The molecule has 3 rings (SSSR count). The predicted molar refractivity (Wildman–Crippen MR) is 122 cm³/mol. The van der Waals surface area contributed by atoms with Crippen LogP contribution in [0.4, 0.5) is 5.69 Å². The van der Waals surface area contributed by atoms with Gasteiger partial charge in [0.2, 0.25) is 0 Å². The van der Waals surface area contributed by atoms with E-state index in [1.165, 1.54) is 5.56 Å². The molecule has 0 unspecified atom stereocenters.